The van der Waals surface area contributed by atoms with Gasteiger partial charge in [-0.3, -0.25) is 9.80 Å². The maximum absolute atomic E-state index is 14.0. The van der Waals surface area contributed by atoms with E-state index in [1.54, 1.807) is 21.9 Å². The van der Waals surface area contributed by atoms with Crippen LogP contribution in [0.3, 0.4) is 0 Å². The summed E-state index contributed by atoms with van der Waals surface area (Å²) < 4.78 is 0.912. The zero-order valence-corrected chi connectivity index (χ0v) is 19.4. The van der Waals surface area contributed by atoms with E-state index in [0.717, 1.165) is 27.7 Å². The number of hydrogen-bond donors (Lipinski definition) is 1. The highest BCUT2D eigenvalue weighted by Gasteiger charge is 2.70. The predicted molar refractivity (Wildman–Crippen MR) is 128 cm³/mol. The molecule has 0 aromatic heterocycles. The molecule has 1 atom stereocenters. The first-order valence-electron chi connectivity index (χ1n) is 10.3. The van der Waals surface area contributed by atoms with Crippen molar-refractivity contribution >= 4 is 44.9 Å². The molecule has 1 N–H and O–H groups in total. The molecule has 6 heteroatoms. The number of anilines is 2. The maximum atomic E-state index is 14.0. The second-order valence-electron chi connectivity index (χ2n) is 8.33. The lowest BCUT2D eigenvalue weighted by Crippen LogP contribution is -2.63. The summed E-state index contributed by atoms with van der Waals surface area (Å²) in [4.78, 5) is 17.3. The number of aliphatic hydroxyl groups is 1. The first-order valence-corrected chi connectivity index (χ1v) is 11.5. The summed E-state index contributed by atoms with van der Waals surface area (Å²) in [6.45, 7) is 2.00. The van der Waals surface area contributed by atoms with Crippen LogP contribution >= 0.6 is 27.5 Å². The summed E-state index contributed by atoms with van der Waals surface area (Å²) in [7, 11) is 0. The fraction of sp³-hybridized carbons (Fsp3) is 0.240. The van der Waals surface area contributed by atoms with E-state index in [9.17, 15) is 9.90 Å². The highest BCUT2D eigenvalue weighted by molar-refractivity contribution is 9.10. The van der Waals surface area contributed by atoms with Crippen LogP contribution in [0.4, 0.5) is 16.2 Å². The van der Waals surface area contributed by atoms with E-state index < -0.39 is 11.3 Å². The van der Waals surface area contributed by atoms with Gasteiger partial charge in [0.05, 0.1) is 0 Å². The molecule has 0 bridgehead atoms. The molecule has 1 aliphatic carbocycles. The van der Waals surface area contributed by atoms with Gasteiger partial charge in [-0.05, 0) is 74.7 Å². The Bertz CT molecular complexity index is 1140. The number of carbonyl (C=O) groups is 1. The lowest BCUT2D eigenvalue weighted by Gasteiger charge is -2.52. The van der Waals surface area contributed by atoms with Gasteiger partial charge >= 0.3 is 6.03 Å². The molecule has 2 aliphatic rings. The van der Waals surface area contributed by atoms with E-state index in [1.807, 2.05) is 67.6 Å². The molecule has 2 fully saturated rings. The van der Waals surface area contributed by atoms with Gasteiger partial charge in [0.15, 0.2) is 5.72 Å². The topological polar surface area (TPSA) is 43.8 Å². The second kappa shape index (κ2) is 7.37. The Balaban J connectivity index is 1.76. The van der Waals surface area contributed by atoms with Crippen LogP contribution in [-0.4, -0.2) is 16.7 Å². The summed E-state index contributed by atoms with van der Waals surface area (Å²) in [6.07, 6.45) is 2.36. The van der Waals surface area contributed by atoms with Gasteiger partial charge in [0.25, 0.3) is 0 Å². The van der Waals surface area contributed by atoms with Crippen LogP contribution in [0.2, 0.25) is 5.02 Å². The first-order chi connectivity index (χ1) is 14.9. The van der Waals surface area contributed by atoms with Gasteiger partial charge in [0.2, 0.25) is 0 Å². The van der Waals surface area contributed by atoms with Gasteiger partial charge < -0.3 is 5.11 Å². The van der Waals surface area contributed by atoms with E-state index >= 15 is 0 Å². The third-order valence-electron chi connectivity index (χ3n) is 6.55. The van der Waals surface area contributed by atoms with E-state index in [0.29, 0.717) is 23.6 Å². The van der Waals surface area contributed by atoms with Crippen LogP contribution in [0.25, 0.3) is 0 Å². The summed E-state index contributed by atoms with van der Waals surface area (Å²) in [5, 5.41) is 13.1. The standard InChI is InChI=1S/C25H22BrClN2O2/c1-17-4-2-5-18(16-17)25(31)24(14-3-15-24)28(21-12-8-20(27)9-13-21)23(30)29(25)22-10-6-19(26)7-11-22/h2,4-13,16,31H,3,14-15H2,1H3. The van der Waals surface area contributed by atoms with Crippen molar-refractivity contribution in [2.45, 2.75) is 37.5 Å². The van der Waals surface area contributed by atoms with Crippen LogP contribution in [0, 0.1) is 6.92 Å². The molecular weight excluding hydrogens is 476 g/mol. The van der Waals surface area contributed by atoms with E-state index in [4.69, 9.17) is 11.6 Å². The molecule has 3 aromatic rings. The van der Waals surface area contributed by atoms with E-state index in [1.165, 1.54) is 0 Å². The Kier molecular flexibility index (Phi) is 4.88. The molecular formula is C25H22BrClN2O2. The van der Waals surface area contributed by atoms with E-state index in [-0.39, 0.29) is 6.03 Å². The number of urea groups is 1. The van der Waals surface area contributed by atoms with Gasteiger partial charge in [-0.15, -0.1) is 0 Å². The molecule has 4 nitrogen and oxygen atoms in total. The second-order valence-corrected chi connectivity index (χ2v) is 9.69. The first kappa shape index (κ1) is 20.6. The highest BCUT2D eigenvalue weighted by Crippen LogP contribution is 2.59. The van der Waals surface area contributed by atoms with Crippen molar-refractivity contribution in [2.75, 3.05) is 9.80 Å². The molecule has 1 aliphatic heterocycles. The molecule has 5 rings (SSSR count). The average molecular weight is 498 g/mol. The number of aryl methyl sites for hydroxylation is 1. The molecule has 1 spiro atoms. The summed E-state index contributed by atoms with van der Waals surface area (Å²) in [5.41, 5.74) is 0.869. The zero-order chi connectivity index (χ0) is 21.8. The van der Waals surface area contributed by atoms with Crippen LogP contribution in [-0.2, 0) is 5.72 Å². The minimum atomic E-state index is -1.51. The number of benzene rings is 3. The SMILES string of the molecule is Cc1cccc(C2(O)N(c3ccc(Br)cc3)C(=O)N(c3ccc(Cl)cc3)C23CCC3)c1. The summed E-state index contributed by atoms with van der Waals surface area (Å²) in [6, 6.07) is 22.3. The van der Waals surface area contributed by atoms with Crippen molar-refractivity contribution in [1.82, 2.24) is 0 Å². The van der Waals surface area contributed by atoms with Gasteiger partial charge in [0.1, 0.15) is 5.54 Å². The third-order valence-corrected chi connectivity index (χ3v) is 7.33. The molecule has 1 unspecified atom stereocenters. The van der Waals surface area contributed by atoms with Gasteiger partial charge in [-0.2, -0.15) is 0 Å². The van der Waals surface area contributed by atoms with Crippen molar-refractivity contribution in [3.05, 3.63) is 93.4 Å². The van der Waals surface area contributed by atoms with Crippen LogP contribution in [0.1, 0.15) is 30.4 Å². The number of hydrogen-bond acceptors (Lipinski definition) is 2. The van der Waals surface area contributed by atoms with E-state index in [2.05, 4.69) is 15.9 Å². The van der Waals surface area contributed by atoms with Crippen LogP contribution in [0.5, 0.6) is 0 Å². The molecule has 3 aromatic carbocycles. The van der Waals surface area contributed by atoms with Crippen LogP contribution in [0.15, 0.2) is 77.3 Å². The van der Waals surface area contributed by atoms with Crippen molar-refractivity contribution in [1.29, 1.82) is 0 Å². The molecule has 2 amide bonds. The monoisotopic (exact) mass is 496 g/mol. The lowest BCUT2D eigenvalue weighted by atomic mass is 9.66. The van der Waals surface area contributed by atoms with Crippen molar-refractivity contribution in [3.63, 3.8) is 0 Å². The minimum Gasteiger partial charge on any atom is -0.364 e. The minimum absolute atomic E-state index is 0.242. The fourth-order valence-electron chi connectivity index (χ4n) is 4.96. The number of nitrogens with zero attached hydrogens (tertiary/aromatic N) is 2. The molecule has 1 saturated carbocycles. The smallest absolute Gasteiger partial charge is 0.332 e. The normalized spacial score (nSPS) is 22.1. The third kappa shape index (κ3) is 2.94. The highest BCUT2D eigenvalue weighted by atomic mass is 79.9. The van der Waals surface area contributed by atoms with Crippen LogP contribution < -0.4 is 9.80 Å². The Labute approximate surface area is 195 Å². The number of rotatable bonds is 3. The lowest BCUT2D eigenvalue weighted by molar-refractivity contribution is -0.0525. The maximum Gasteiger partial charge on any atom is 0.332 e. The Morgan fingerprint density at radius 2 is 1.55 bits per heavy atom. The molecule has 31 heavy (non-hydrogen) atoms. The molecule has 0 radical (unpaired) electrons. The summed E-state index contributed by atoms with van der Waals surface area (Å²) >= 11 is 9.58. The molecule has 1 saturated heterocycles. The Morgan fingerprint density at radius 1 is 0.935 bits per heavy atom. The summed E-state index contributed by atoms with van der Waals surface area (Å²) in [5.74, 6) is 0. The molecule has 1 heterocycles. The molecule has 158 valence electrons. The van der Waals surface area contributed by atoms with Gasteiger partial charge in [-0.25, -0.2) is 4.79 Å². The van der Waals surface area contributed by atoms with Crippen molar-refractivity contribution in [3.8, 4) is 0 Å². The predicted octanol–water partition coefficient (Wildman–Crippen LogP) is 6.63. The van der Waals surface area contributed by atoms with Gasteiger partial charge in [0, 0.05) is 26.4 Å². The van der Waals surface area contributed by atoms with Crippen molar-refractivity contribution < 1.29 is 9.90 Å². The largest absolute Gasteiger partial charge is 0.364 e. The van der Waals surface area contributed by atoms with Gasteiger partial charge in [-0.1, -0.05) is 57.4 Å². The average Bonchev–Trinajstić information content (AvgIpc) is 2.94. The Morgan fingerprint density at radius 3 is 2.13 bits per heavy atom. The number of amides is 2. The van der Waals surface area contributed by atoms with Crippen molar-refractivity contribution in [2.24, 2.45) is 0 Å². The Hall–Kier alpha value is -2.34. The fourth-order valence-corrected chi connectivity index (χ4v) is 5.35. The quantitative estimate of drug-likeness (QED) is 0.441. The number of carbonyl (C=O) groups excluding carboxylic acids is 1. The zero-order valence-electron chi connectivity index (χ0n) is 17.1. The number of halogens is 2.